The van der Waals surface area contributed by atoms with Crippen LogP contribution in [0.15, 0.2) is 52.9 Å². The van der Waals surface area contributed by atoms with Gasteiger partial charge in [0.1, 0.15) is 0 Å². The van der Waals surface area contributed by atoms with Crippen molar-refractivity contribution in [2.75, 3.05) is 13.2 Å². The number of ether oxygens (including phenoxy) is 1. The largest absolute Gasteiger partial charge is 0.416 e. The number of nitrogens with zero attached hydrogens (tertiary/aromatic N) is 2. The first-order valence-corrected chi connectivity index (χ1v) is 9.10. The number of amides is 1. The maximum Gasteiger partial charge on any atom is 0.251 e. The minimum atomic E-state index is -0.108. The Hall–Kier alpha value is -2.99. The third-order valence-corrected chi connectivity index (χ3v) is 4.63. The molecule has 1 atom stereocenters. The molecule has 6 nitrogen and oxygen atoms in total. The number of nitrogens with one attached hydrogen (secondary N) is 1. The second-order valence-corrected chi connectivity index (χ2v) is 6.70. The van der Waals surface area contributed by atoms with E-state index in [1.165, 1.54) is 5.56 Å². The zero-order chi connectivity index (χ0) is 18.6. The molecule has 2 heterocycles. The number of hydrogen-bond donors (Lipinski definition) is 1. The summed E-state index contributed by atoms with van der Waals surface area (Å²) in [6.07, 6.45) is 2.19. The minimum Gasteiger partial charge on any atom is -0.416 e. The zero-order valence-electron chi connectivity index (χ0n) is 15.1. The van der Waals surface area contributed by atoms with Gasteiger partial charge >= 0.3 is 0 Å². The number of hydrogen-bond acceptors (Lipinski definition) is 5. The number of carbonyl (C=O) groups excluding carboxylic acids is 1. The van der Waals surface area contributed by atoms with E-state index < -0.39 is 0 Å². The lowest BCUT2D eigenvalue weighted by molar-refractivity contribution is 0.0858. The van der Waals surface area contributed by atoms with Crippen LogP contribution in [0.4, 0.5) is 0 Å². The van der Waals surface area contributed by atoms with Crippen molar-refractivity contribution < 1.29 is 13.9 Å². The lowest BCUT2D eigenvalue weighted by atomic mass is 10.1. The molecule has 1 aliphatic heterocycles. The first-order chi connectivity index (χ1) is 13.2. The van der Waals surface area contributed by atoms with E-state index in [1.807, 2.05) is 43.3 Å². The molecule has 1 saturated heterocycles. The van der Waals surface area contributed by atoms with Crippen molar-refractivity contribution in [2.45, 2.75) is 25.9 Å². The predicted molar refractivity (Wildman–Crippen MR) is 101 cm³/mol. The average molecular weight is 363 g/mol. The van der Waals surface area contributed by atoms with E-state index in [9.17, 15) is 4.79 Å². The maximum atomic E-state index is 12.2. The lowest BCUT2D eigenvalue weighted by Crippen LogP contribution is -2.31. The molecule has 1 aromatic heterocycles. The molecule has 0 spiro atoms. The van der Waals surface area contributed by atoms with E-state index in [0.29, 0.717) is 23.9 Å². The Labute approximate surface area is 157 Å². The minimum absolute atomic E-state index is 0.108. The van der Waals surface area contributed by atoms with Crippen molar-refractivity contribution >= 4 is 5.91 Å². The van der Waals surface area contributed by atoms with Crippen molar-refractivity contribution in [1.82, 2.24) is 15.5 Å². The van der Waals surface area contributed by atoms with Crippen LogP contribution in [0.3, 0.4) is 0 Å². The lowest BCUT2D eigenvalue weighted by Gasteiger charge is -2.10. The van der Waals surface area contributed by atoms with Gasteiger partial charge in [-0.15, -0.1) is 10.2 Å². The molecule has 1 fully saturated rings. The van der Waals surface area contributed by atoms with Crippen molar-refractivity contribution in [3.05, 3.63) is 59.7 Å². The fourth-order valence-corrected chi connectivity index (χ4v) is 3.03. The van der Waals surface area contributed by atoms with Crippen LogP contribution >= 0.6 is 0 Å². The molecular weight excluding hydrogens is 342 g/mol. The van der Waals surface area contributed by atoms with Crippen LogP contribution in [0.2, 0.25) is 0 Å². The molecule has 0 aliphatic carbocycles. The second-order valence-electron chi connectivity index (χ2n) is 6.70. The van der Waals surface area contributed by atoms with E-state index in [1.54, 1.807) is 12.1 Å². The van der Waals surface area contributed by atoms with Crippen LogP contribution in [0.1, 0.15) is 28.8 Å². The Balaban J connectivity index is 1.42. The summed E-state index contributed by atoms with van der Waals surface area (Å²) in [5.41, 5.74) is 3.42. The fraction of sp³-hybridized carbons (Fsp3) is 0.286. The highest BCUT2D eigenvalue weighted by Gasteiger charge is 2.17. The van der Waals surface area contributed by atoms with E-state index in [0.717, 1.165) is 30.6 Å². The van der Waals surface area contributed by atoms with Gasteiger partial charge in [0.05, 0.1) is 6.10 Å². The molecule has 4 rings (SSSR count). The van der Waals surface area contributed by atoms with Crippen LogP contribution in [-0.2, 0) is 4.74 Å². The number of aryl methyl sites for hydroxylation is 1. The molecule has 27 heavy (non-hydrogen) atoms. The Morgan fingerprint density at radius 3 is 2.26 bits per heavy atom. The zero-order valence-corrected chi connectivity index (χ0v) is 15.1. The summed E-state index contributed by atoms with van der Waals surface area (Å²) < 4.78 is 11.3. The fourth-order valence-electron chi connectivity index (χ4n) is 3.03. The van der Waals surface area contributed by atoms with Gasteiger partial charge < -0.3 is 14.5 Å². The molecular formula is C21H21N3O3. The molecule has 0 radical (unpaired) electrons. The van der Waals surface area contributed by atoms with E-state index in [-0.39, 0.29) is 12.0 Å². The first kappa shape index (κ1) is 17.4. The Morgan fingerprint density at radius 2 is 1.67 bits per heavy atom. The summed E-state index contributed by atoms with van der Waals surface area (Å²) in [7, 11) is 0. The topological polar surface area (TPSA) is 77.2 Å². The highest BCUT2D eigenvalue weighted by atomic mass is 16.5. The van der Waals surface area contributed by atoms with Crippen LogP contribution in [0.25, 0.3) is 22.9 Å². The average Bonchev–Trinajstić information content (AvgIpc) is 3.39. The number of benzene rings is 2. The monoisotopic (exact) mass is 363 g/mol. The Bertz CT molecular complexity index is 911. The van der Waals surface area contributed by atoms with Gasteiger partial charge in [0.15, 0.2) is 0 Å². The standard InChI is InChI=1S/C21H21N3O3/c1-14-4-6-16(7-5-14)20-23-24-21(27-20)17-10-8-15(9-11-17)19(25)22-13-18-3-2-12-26-18/h4-11,18H,2-3,12-13H2,1H3,(H,22,25). The van der Waals surface area contributed by atoms with Gasteiger partial charge in [-0.1, -0.05) is 17.7 Å². The van der Waals surface area contributed by atoms with Gasteiger partial charge in [-0.3, -0.25) is 4.79 Å². The third kappa shape index (κ3) is 4.06. The predicted octanol–water partition coefficient (Wildman–Crippen LogP) is 3.62. The summed E-state index contributed by atoms with van der Waals surface area (Å²) in [4.78, 5) is 12.2. The summed E-state index contributed by atoms with van der Waals surface area (Å²) in [6, 6.07) is 15.1. The van der Waals surface area contributed by atoms with Gasteiger partial charge in [-0.05, 0) is 56.2 Å². The molecule has 1 unspecified atom stereocenters. The molecule has 0 bridgehead atoms. The quantitative estimate of drug-likeness (QED) is 0.749. The number of aromatic nitrogens is 2. The molecule has 2 aromatic carbocycles. The molecule has 138 valence electrons. The van der Waals surface area contributed by atoms with Gasteiger partial charge in [0, 0.05) is 29.8 Å². The normalized spacial score (nSPS) is 16.4. The molecule has 1 aliphatic rings. The summed E-state index contributed by atoms with van der Waals surface area (Å²) in [5.74, 6) is 0.795. The molecule has 0 saturated carbocycles. The van der Waals surface area contributed by atoms with Crippen LogP contribution in [0, 0.1) is 6.92 Å². The van der Waals surface area contributed by atoms with Crippen LogP contribution in [0.5, 0.6) is 0 Å². The summed E-state index contributed by atoms with van der Waals surface area (Å²) >= 11 is 0. The first-order valence-electron chi connectivity index (χ1n) is 9.10. The molecule has 1 N–H and O–H groups in total. The van der Waals surface area contributed by atoms with Gasteiger partial charge in [-0.2, -0.15) is 0 Å². The smallest absolute Gasteiger partial charge is 0.251 e. The summed E-state index contributed by atoms with van der Waals surface area (Å²) in [6.45, 7) is 3.36. The number of carbonyl (C=O) groups is 1. The maximum absolute atomic E-state index is 12.2. The van der Waals surface area contributed by atoms with E-state index in [2.05, 4.69) is 15.5 Å². The molecule has 3 aromatic rings. The summed E-state index contributed by atoms with van der Waals surface area (Å²) in [5, 5.41) is 11.1. The van der Waals surface area contributed by atoms with Crippen molar-refractivity contribution in [2.24, 2.45) is 0 Å². The van der Waals surface area contributed by atoms with Gasteiger partial charge in [0.2, 0.25) is 11.8 Å². The number of rotatable bonds is 5. The Kier molecular flexibility index (Phi) is 4.98. The highest BCUT2D eigenvalue weighted by molar-refractivity contribution is 5.94. The van der Waals surface area contributed by atoms with Gasteiger partial charge in [-0.25, -0.2) is 0 Å². The van der Waals surface area contributed by atoms with E-state index >= 15 is 0 Å². The second kappa shape index (κ2) is 7.72. The SMILES string of the molecule is Cc1ccc(-c2nnc(-c3ccc(C(=O)NCC4CCCO4)cc3)o2)cc1. The van der Waals surface area contributed by atoms with Crippen molar-refractivity contribution in [3.8, 4) is 22.9 Å². The third-order valence-electron chi connectivity index (χ3n) is 4.63. The van der Waals surface area contributed by atoms with E-state index in [4.69, 9.17) is 9.15 Å². The van der Waals surface area contributed by atoms with Crippen LogP contribution in [-0.4, -0.2) is 35.4 Å². The molecule has 6 heteroatoms. The van der Waals surface area contributed by atoms with Gasteiger partial charge in [0.25, 0.3) is 5.91 Å². The van der Waals surface area contributed by atoms with Crippen LogP contribution < -0.4 is 5.32 Å². The van der Waals surface area contributed by atoms with Crippen molar-refractivity contribution in [1.29, 1.82) is 0 Å². The highest BCUT2D eigenvalue weighted by Crippen LogP contribution is 2.24. The Morgan fingerprint density at radius 1 is 1.04 bits per heavy atom. The van der Waals surface area contributed by atoms with Crippen molar-refractivity contribution in [3.63, 3.8) is 0 Å². The molecule has 1 amide bonds.